The Bertz CT molecular complexity index is 759. The van der Waals surface area contributed by atoms with Crippen LogP contribution in [0.5, 0.6) is 0 Å². The molecule has 5 nitrogen and oxygen atoms in total. The van der Waals surface area contributed by atoms with Gasteiger partial charge in [-0.1, -0.05) is 12.1 Å². The molecule has 0 atom stereocenters. The smallest absolute Gasteiger partial charge is 0.304 e. The number of halogens is 1. The Balaban J connectivity index is 2.78. The second-order valence-electron chi connectivity index (χ2n) is 4.67. The molecule has 0 saturated carbocycles. The van der Waals surface area contributed by atoms with Gasteiger partial charge in [-0.25, -0.2) is 13.8 Å². The number of hydrogen-bond acceptors (Lipinski definition) is 2. The Morgan fingerprint density at radius 1 is 1.38 bits per heavy atom. The van der Waals surface area contributed by atoms with Crippen LogP contribution in [0.25, 0.3) is 11.8 Å². The molecule has 1 aromatic carbocycles. The number of imidazole rings is 1. The summed E-state index contributed by atoms with van der Waals surface area (Å²) in [5, 5.41) is 0. The van der Waals surface area contributed by atoms with Crippen LogP contribution in [-0.4, -0.2) is 23.0 Å². The summed E-state index contributed by atoms with van der Waals surface area (Å²) in [5.74, 6) is -0.237. The standard InChI is InChI=1S/C15H16FN3O2/c1-4-5-12-14(18(3)9-20)19(15(21)17-12)13-7-6-10(2)8-11(13)16/h4-9H,1-3H3,(H,17,21)/b5-4-. The van der Waals surface area contributed by atoms with Gasteiger partial charge in [-0.15, -0.1) is 0 Å². The lowest BCUT2D eigenvalue weighted by molar-refractivity contribution is -0.107. The number of carbonyl (C=O) groups is 1. The van der Waals surface area contributed by atoms with Crippen molar-refractivity contribution in [2.45, 2.75) is 13.8 Å². The minimum absolute atomic E-state index is 0.0984. The van der Waals surface area contributed by atoms with E-state index in [-0.39, 0.29) is 11.5 Å². The molecule has 0 unspecified atom stereocenters. The number of benzene rings is 1. The zero-order valence-electron chi connectivity index (χ0n) is 12.1. The number of allylic oxidation sites excluding steroid dienone is 1. The Kier molecular flexibility index (Phi) is 4.07. The number of hydrogen-bond donors (Lipinski definition) is 1. The summed E-state index contributed by atoms with van der Waals surface area (Å²) in [6, 6.07) is 4.56. The maximum Gasteiger partial charge on any atom is 0.332 e. The molecule has 1 aromatic heterocycles. The molecule has 1 N–H and O–H groups in total. The van der Waals surface area contributed by atoms with E-state index in [0.29, 0.717) is 12.1 Å². The largest absolute Gasteiger partial charge is 0.332 e. The van der Waals surface area contributed by atoms with Crippen LogP contribution in [0.3, 0.4) is 0 Å². The highest BCUT2D eigenvalue weighted by atomic mass is 19.1. The van der Waals surface area contributed by atoms with Crippen LogP contribution >= 0.6 is 0 Å². The number of carbonyl (C=O) groups excluding carboxylic acids is 1. The average Bonchev–Trinajstić information content (AvgIpc) is 2.75. The van der Waals surface area contributed by atoms with E-state index in [9.17, 15) is 14.0 Å². The summed E-state index contributed by atoms with van der Waals surface area (Å²) in [6.07, 6.45) is 3.95. The van der Waals surface area contributed by atoms with Gasteiger partial charge in [-0.2, -0.15) is 0 Å². The number of H-pyrrole nitrogens is 1. The van der Waals surface area contributed by atoms with E-state index in [0.717, 1.165) is 10.1 Å². The molecule has 0 fully saturated rings. The molecule has 2 aromatic rings. The minimum Gasteiger partial charge on any atom is -0.304 e. The van der Waals surface area contributed by atoms with Gasteiger partial charge < -0.3 is 9.88 Å². The fourth-order valence-electron chi connectivity index (χ4n) is 2.14. The first-order valence-corrected chi connectivity index (χ1v) is 6.42. The first-order chi connectivity index (χ1) is 9.99. The lowest BCUT2D eigenvalue weighted by Crippen LogP contribution is -2.23. The van der Waals surface area contributed by atoms with Crippen molar-refractivity contribution in [1.29, 1.82) is 0 Å². The normalized spacial score (nSPS) is 11.0. The summed E-state index contributed by atoms with van der Waals surface area (Å²) in [7, 11) is 1.51. The highest BCUT2D eigenvalue weighted by Gasteiger charge is 2.19. The molecule has 21 heavy (non-hydrogen) atoms. The number of rotatable bonds is 4. The number of nitrogens with zero attached hydrogens (tertiary/aromatic N) is 2. The SMILES string of the molecule is C/C=C\c1[nH]c(=O)n(-c2ccc(C)cc2F)c1N(C)C=O. The fourth-order valence-corrected chi connectivity index (χ4v) is 2.14. The molecule has 0 aliphatic heterocycles. The van der Waals surface area contributed by atoms with E-state index in [4.69, 9.17) is 0 Å². The number of anilines is 1. The number of aromatic nitrogens is 2. The van der Waals surface area contributed by atoms with Crippen molar-refractivity contribution in [2.24, 2.45) is 0 Å². The van der Waals surface area contributed by atoms with Gasteiger partial charge in [0.15, 0.2) is 0 Å². The van der Waals surface area contributed by atoms with Crippen LogP contribution in [0.2, 0.25) is 0 Å². The molecule has 2 rings (SSSR count). The monoisotopic (exact) mass is 289 g/mol. The van der Waals surface area contributed by atoms with Crippen molar-refractivity contribution in [3.63, 3.8) is 0 Å². The third-order valence-electron chi connectivity index (χ3n) is 3.07. The van der Waals surface area contributed by atoms with E-state index in [2.05, 4.69) is 4.98 Å². The van der Waals surface area contributed by atoms with Gasteiger partial charge in [-0.05, 0) is 37.6 Å². The summed E-state index contributed by atoms with van der Waals surface area (Å²) in [5.41, 5.74) is 0.784. The van der Waals surface area contributed by atoms with Gasteiger partial charge in [0.25, 0.3) is 0 Å². The molecule has 0 aliphatic carbocycles. The highest BCUT2D eigenvalue weighted by Crippen LogP contribution is 2.23. The van der Waals surface area contributed by atoms with E-state index in [1.165, 1.54) is 24.1 Å². The van der Waals surface area contributed by atoms with Crippen LogP contribution in [0.1, 0.15) is 18.2 Å². The zero-order valence-corrected chi connectivity index (χ0v) is 12.1. The number of nitrogens with one attached hydrogen (secondary N) is 1. The molecule has 0 radical (unpaired) electrons. The molecule has 0 bridgehead atoms. The van der Waals surface area contributed by atoms with Gasteiger partial charge in [0.05, 0.1) is 11.4 Å². The molecule has 6 heteroatoms. The number of amides is 1. The van der Waals surface area contributed by atoms with Gasteiger partial charge in [-0.3, -0.25) is 4.79 Å². The lowest BCUT2D eigenvalue weighted by Gasteiger charge is -2.15. The summed E-state index contributed by atoms with van der Waals surface area (Å²) < 4.78 is 15.3. The highest BCUT2D eigenvalue weighted by molar-refractivity contribution is 5.78. The number of aryl methyl sites for hydroxylation is 1. The van der Waals surface area contributed by atoms with Crippen molar-refractivity contribution in [2.75, 3.05) is 11.9 Å². The predicted molar refractivity (Wildman–Crippen MR) is 80.3 cm³/mol. The van der Waals surface area contributed by atoms with Crippen molar-refractivity contribution < 1.29 is 9.18 Å². The van der Waals surface area contributed by atoms with Crippen LogP contribution in [-0.2, 0) is 4.79 Å². The van der Waals surface area contributed by atoms with Gasteiger partial charge >= 0.3 is 5.69 Å². The van der Waals surface area contributed by atoms with E-state index in [1.807, 2.05) is 0 Å². The lowest BCUT2D eigenvalue weighted by atomic mass is 10.2. The molecule has 1 amide bonds. The second kappa shape index (κ2) is 5.78. The molecular weight excluding hydrogens is 273 g/mol. The molecule has 0 spiro atoms. The topological polar surface area (TPSA) is 58.1 Å². The predicted octanol–water partition coefficient (Wildman–Crippen LogP) is 2.24. The van der Waals surface area contributed by atoms with Crippen molar-refractivity contribution in [1.82, 2.24) is 9.55 Å². The summed E-state index contributed by atoms with van der Waals surface area (Å²) in [4.78, 5) is 27.1. The first-order valence-electron chi connectivity index (χ1n) is 6.42. The van der Waals surface area contributed by atoms with Crippen molar-refractivity contribution in [3.8, 4) is 5.69 Å². The van der Waals surface area contributed by atoms with Crippen LogP contribution in [0.15, 0.2) is 29.1 Å². The summed E-state index contributed by atoms with van der Waals surface area (Å²) >= 11 is 0. The molecule has 1 heterocycles. The quantitative estimate of drug-likeness (QED) is 0.878. The fraction of sp³-hybridized carbons (Fsp3) is 0.200. The maximum absolute atomic E-state index is 14.2. The molecule has 110 valence electrons. The maximum atomic E-state index is 14.2. The van der Waals surface area contributed by atoms with Crippen molar-refractivity contribution in [3.05, 3.63) is 51.8 Å². The van der Waals surface area contributed by atoms with E-state index in [1.54, 1.807) is 32.1 Å². The summed E-state index contributed by atoms with van der Waals surface area (Å²) in [6.45, 7) is 3.54. The third-order valence-corrected chi connectivity index (χ3v) is 3.07. The molecular formula is C15H16FN3O2. The van der Waals surface area contributed by atoms with Crippen LogP contribution < -0.4 is 10.6 Å². The van der Waals surface area contributed by atoms with Crippen LogP contribution in [0.4, 0.5) is 10.2 Å². The third kappa shape index (κ3) is 2.65. The Hall–Kier alpha value is -2.63. The van der Waals surface area contributed by atoms with Gasteiger partial charge in [0.1, 0.15) is 11.6 Å². The molecule has 0 saturated heterocycles. The minimum atomic E-state index is -0.524. The Morgan fingerprint density at radius 3 is 2.67 bits per heavy atom. The zero-order chi connectivity index (χ0) is 15.6. The van der Waals surface area contributed by atoms with Crippen molar-refractivity contribution >= 4 is 18.3 Å². The molecule has 0 aliphatic rings. The van der Waals surface area contributed by atoms with Crippen LogP contribution in [0, 0.1) is 12.7 Å². The second-order valence-corrected chi connectivity index (χ2v) is 4.67. The van der Waals surface area contributed by atoms with E-state index >= 15 is 0 Å². The van der Waals surface area contributed by atoms with Gasteiger partial charge in [0.2, 0.25) is 6.41 Å². The van der Waals surface area contributed by atoms with Gasteiger partial charge in [0, 0.05) is 7.05 Å². The Labute approximate surface area is 121 Å². The average molecular weight is 289 g/mol. The first kappa shape index (κ1) is 14.8. The Morgan fingerprint density at radius 2 is 2.10 bits per heavy atom. The number of aromatic amines is 1. The van der Waals surface area contributed by atoms with E-state index < -0.39 is 11.5 Å².